The molecule has 3 N–H and O–H groups in total. The molecule has 1 atom stereocenters. The van der Waals surface area contributed by atoms with Crippen molar-refractivity contribution in [3.63, 3.8) is 0 Å². The summed E-state index contributed by atoms with van der Waals surface area (Å²) in [4.78, 5) is 31.5. The number of hydrogen-bond donors (Lipinski definition) is 3. The van der Waals surface area contributed by atoms with Crippen molar-refractivity contribution in [2.75, 3.05) is 29.9 Å². The van der Waals surface area contributed by atoms with Crippen LogP contribution in [0.2, 0.25) is 0 Å². The second kappa shape index (κ2) is 13.9. The predicted octanol–water partition coefficient (Wildman–Crippen LogP) is 3.41. The van der Waals surface area contributed by atoms with Gasteiger partial charge in [0.1, 0.15) is 27.6 Å². The molecule has 0 bridgehead atoms. The lowest BCUT2D eigenvalue weighted by molar-refractivity contribution is -0.107. The fourth-order valence-corrected chi connectivity index (χ4v) is 6.46. The number of fused-ring (bicyclic) bond motifs is 1. The van der Waals surface area contributed by atoms with Crippen LogP contribution in [0.15, 0.2) is 78.0 Å². The number of aromatic amines is 1. The van der Waals surface area contributed by atoms with E-state index in [0.717, 1.165) is 18.1 Å². The highest BCUT2D eigenvalue weighted by molar-refractivity contribution is 7.99. The summed E-state index contributed by atoms with van der Waals surface area (Å²) in [6.45, 7) is 0.180. The standard InChI is InChI=1S/C28H30N4O7S3/c1-41(35,36)13-7-12-39-22-14-21-15-25(28(34)30-17-23(18-33)40-19-20-8-3-2-4-9-20)31-27(21)24(16-22)32-42(37,38)26-10-5-6-11-29-26/h2-6,8-11,14-16,18,23,31-32H,7,12-13,17,19H2,1H3,(H,30,34). The lowest BCUT2D eigenvalue weighted by Gasteiger charge is -2.12. The number of H-pyrrole nitrogens is 1. The molecule has 14 heteroatoms. The molecule has 2 aromatic heterocycles. The van der Waals surface area contributed by atoms with Gasteiger partial charge < -0.3 is 19.8 Å². The number of aldehydes is 1. The third-order valence-corrected chi connectivity index (χ3v) is 9.47. The Hall–Kier alpha value is -3.88. The Balaban J connectivity index is 1.53. The normalized spacial score (nSPS) is 12.5. The highest BCUT2D eigenvalue weighted by atomic mass is 32.2. The van der Waals surface area contributed by atoms with Gasteiger partial charge in [0.2, 0.25) is 0 Å². The van der Waals surface area contributed by atoms with E-state index in [1.807, 2.05) is 30.3 Å². The van der Waals surface area contributed by atoms with Gasteiger partial charge in [0.05, 0.1) is 28.8 Å². The van der Waals surface area contributed by atoms with Crippen molar-refractivity contribution in [3.8, 4) is 5.75 Å². The van der Waals surface area contributed by atoms with Crippen molar-refractivity contribution in [2.24, 2.45) is 0 Å². The molecule has 11 nitrogen and oxygen atoms in total. The van der Waals surface area contributed by atoms with Gasteiger partial charge in [-0.15, -0.1) is 11.8 Å². The first-order chi connectivity index (χ1) is 20.0. The van der Waals surface area contributed by atoms with Crippen LogP contribution in [0.25, 0.3) is 10.9 Å². The topological polar surface area (TPSA) is 164 Å². The van der Waals surface area contributed by atoms with Crippen LogP contribution in [0.4, 0.5) is 5.69 Å². The smallest absolute Gasteiger partial charge is 0.279 e. The zero-order valence-electron chi connectivity index (χ0n) is 22.6. The molecule has 0 aliphatic rings. The molecule has 4 aromatic rings. The Kier molecular flexibility index (Phi) is 10.2. The number of carbonyl (C=O) groups is 2. The Labute approximate surface area is 248 Å². The van der Waals surface area contributed by atoms with E-state index >= 15 is 0 Å². The first kappa shape index (κ1) is 31.1. The Morgan fingerprint density at radius 3 is 2.52 bits per heavy atom. The van der Waals surface area contributed by atoms with E-state index in [1.165, 1.54) is 30.1 Å². The molecule has 0 radical (unpaired) electrons. The SMILES string of the molecule is CS(=O)(=O)CCCOc1cc(NS(=O)(=O)c2ccccn2)c2[nH]c(C(=O)NCC(C=O)SCc3ccccc3)cc2c1. The molecule has 2 heterocycles. The number of sulfonamides is 1. The molecule has 4 rings (SSSR count). The van der Waals surface area contributed by atoms with Crippen molar-refractivity contribution in [1.29, 1.82) is 0 Å². The van der Waals surface area contributed by atoms with Crippen molar-refractivity contribution in [1.82, 2.24) is 15.3 Å². The van der Waals surface area contributed by atoms with Crippen molar-refractivity contribution >= 4 is 60.4 Å². The Morgan fingerprint density at radius 2 is 1.83 bits per heavy atom. The van der Waals surface area contributed by atoms with E-state index in [1.54, 1.807) is 24.3 Å². The molecule has 222 valence electrons. The predicted molar refractivity (Wildman–Crippen MR) is 163 cm³/mol. The minimum absolute atomic E-state index is 0.0612. The number of rotatable bonds is 15. The number of aromatic nitrogens is 2. The number of pyridine rings is 1. The van der Waals surface area contributed by atoms with Gasteiger partial charge in [-0.05, 0) is 36.2 Å². The Morgan fingerprint density at radius 1 is 1.07 bits per heavy atom. The summed E-state index contributed by atoms with van der Waals surface area (Å²) in [6, 6.07) is 18.7. The molecule has 42 heavy (non-hydrogen) atoms. The third-order valence-electron chi connectivity index (χ3n) is 5.95. The van der Waals surface area contributed by atoms with Crippen LogP contribution in [-0.4, -0.2) is 69.4 Å². The Bertz CT molecular complexity index is 1740. The number of benzene rings is 2. The van der Waals surface area contributed by atoms with Crippen molar-refractivity contribution in [3.05, 3.63) is 84.2 Å². The maximum Gasteiger partial charge on any atom is 0.279 e. The number of carbonyl (C=O) groups excluding carboxylic acids is 2. The van der Waals surface area contributed by atoms with Crippen LogP contribution >= 0.6 is 11.8 Å². The third kappa shape index (κ3) is 8.81. The number of amides is 1. The molecule has 1 amide bonds. The maximum atomic E-state index is 13.0. The minimum atomic E-state index is -4.09. The van der Waals surface area contributed by atoms with Crippen molar-refractivity contribution < 1.29 is 31.2 Å². The number of sulfone groups is 1. The molecular formula is C28H30N4O7S3. The van der Waals surface area contributed by atoms with Gasteiger partial charge in [-0.2, -0.15) is 8.42 Å². The first-order valence-corrected chi connectivity index (χ1v) is 17.4. The molecule has 0 spiro atoms. The first-order valence-electron chi connectivity index (χ1n) is 12.8. The second-order valence-corrected chi connectivity index (χ2v) is 14.5. The maximum absolute atomic E-state index is 13.0. The molecule has 1 unspecified atom stereocenters. The number of nitrogens with one attached hydrogen (secondary N) is 3. The van der Waals surface area contributed by atoms with E-state index < -0.39 is 31.0 Å². The van der Waals surface area contributed by atoms with Gasteiger partial charge in [-0.3, -0.25) is 9.52 Å². The van der Waals surface area contributed by atoms with E-state index in [2.05, 4.69) is 20.0 Å². The van der Waals surface area contributed by atoms with Crippen LogP contribution < -0.4 is 14.8 Å². The molecule has 0 aliphatic carbocycles. The fraction of sp³-hybridized carbons (Fsp3) is 0.250. The van der Waals surface area contributed by atoms with Crippen LogP contribution in [0, 0.1) is 0 Å². The van der Waals surface area contributed by atoms with E-state index in [9.17, 15) is 26.4 Å². The summed E-state index contributed by atoms with van der Waals surface area (Å²) in [5.74, 6) is 0.347. The lowest BCUT2D eigenvalue weighted by atomic mass is 10.2. The fourth-order valence-electron chi connectivity index (χ4n) is 3.93. The van der Waals surface area contributed by atoms with Gasteiger partial charge in [0.15, 0.2) is 5.03 Å². The number of hydrogen-bond acceptors (Lipinski definition) is 9. The average Bonchev–Trinajstić information content (AvgIpc) is 3.40. The highest BCUT2D eigenvalue weighted by Gasteiger charge is 2.20. The van der Waals surface area contributed by atoms with E-state index in [0.29, 0.717) is 16.7 Å². The van der Waals surface area contributed by atoms with Gasteiger partial charge in [-0.1, -0.05) is 36.4 Å². The van der Waals surface area contributed by atoms with Crippen LogP contribution in [-0.2, 0) is 30.4 Å². The zero-order valence-corrected chi connectivity index (χ0v) is 25.1. The zero-order chi connectivity index (χ0) is 30.2. The molecule has 0 fully saturated rings. The van der Waals surface area contributed by atoms with Gasteiger partial charge in [-0.25, -0.2) is 13.4 Å². The summed E-state index contributed by atoms with van der Waals surface area (Å²) >= 11 is 1.41. The molecule has 0 aliphatic heterocycles. The molecule has 0 saturated carbocycles. The summed E-state index contributed by atoms with van der Waals surface area (Å²) in [5, 5.41) is 2.56. The van der Waals surface area contributed by atoms with Gasteiger partial charge >= 0.3 is 0 Å². The summed E-state index contributed by atoms with van der Waals surface area (Å²) < 4.78 is 57.2. The van der Waals surface area contributed by atoms with Crippen LogP contribution in [0.3, 0.4) is 0 Å². The quantitative estimate of drug-likeness (QED) is 0.132. The lowest BCUT2D eigenvalue weighted by Crippen LogP contribution is -2.31. The van der Waals surface area contributed by atoms with E-state index in [-0.39, 0.29) is 47.5 Å². The number of nitrogens with zero attached hydrogens (tertiary/aromatic N) is 1. The summed E-state index contributed by atoms with van der Waals surface area (Å²) in [5.41, 5.74) is 1.65. The largest absolute Gasteiger partial charge is 0.493 e. The number of ether oxygens (including phenoxy) is 1. The average molecular weight is 631 g/mol. The highest BCUT2D eigenvalue weighted by Crippen LogP contribution is 2.31. The second-order valence-electron chi connectivity index (χ2n) is 9.40. The van der Waals surface area contributed by atoms with Crippen LogP contribution in [0.1, 0.15) is 22.5 Å². The number of thioether (sulfide) groups is 1. The van der Waals surface area contributed by atoms with Crippen molar-refractivity contribution in [2.45, 2.75) is 22.4 Å². The monoisotopic (exact) mass is 630 g/mol. The summed E-state index contributed by atoms with van der Waals surface area (Å²) in [6.07, 6.45) is 3.52. The summed E-state index contributed by atoms with van der Waals surface area (Å²) in [7, 11) is -7.25. The number of anilines is 1. The molecule has 2 aromatic carbocycles. The van der Waals surface area contributed by atoms with E-state index in [4.69, 9.17) is 4.74 Å². The van der Waals surface area contributed by atoms with Gasteiger partial charge in [0.25, 0.3) is 15.9 Å². The molecule has 0 saturated heterocycles. The molecular weight excluding hydrogens is 601 g/mol. The van der Waals surface area contributed by atoms with Gasteiger partial charge in [0, 0.05) is 36.2 Å². The van der Waals surface area contributed by atoms with Crippen LogP contribution in [0.5, 0.6) is 5.75 Å². The minimum Gasteiger partial charge on any atom is -0.493 e.